The number of amides is 5. The zero-order valence-corrected chi connectivity index (χ0v) is 26.6. The summed E-state index contributed by atoms with van der Waals surface area (Å²) in [6, 6.07) is 4.77. The lowest BCUT2D eigenvalue weighted by molar-refractivity contribution is -0.136. The summed E-state index contributed by atoms with van der Waals surface area (Å²) in [5.41, 5.74) is 0.536. The van der Waals surface area contributed by atoms with Crippen LogP contribution in [0.25, 0.3) is 0 Å². The molecule has 1 aromatic carbocycles. The van der Waals surface area contributed by atoms with Crippen LogP contribution >= 0.6 is 0 Å². The van der Waals surface area contributed by atoms with Gasteiger partial charge in [-0.25, -0.2) is 4.79 Å². The predicted octanol–water partition coefficient (Wildman–Crippen LogP) is 1.97. The lowest BCUT2D eigenvalue weighted by Crippen LogP contribution is -2.54. The molecule has 1 aromatic rings. The summed E-state index contributed by atoms with van der Waals surface area (Å²) in [5.74, 6) is -2.07. The summed E-state index contributed by atoms with van der Waals surface area (Å²) < 4.78 is 11.3. The Bertz CT molecular complexity index is 1280. The van der Waals surface area contributed by atoms with Crippen LogP contribution < -0.4 is 16.0 Å². The van der Waals surface area contributed by atoms with Gasteiger partial charge in [0, 0.05) is 63.5 Å². The Morgan fingerprint density at radius 2 is 1.69 bits per heavy atom. The van der Waals surface area contributed by atoms with Gasteiger partial charge in [0.25, 0.3) is 11.8 Å². The van der Waals surface area contributed by atoms with Crippen molar-refractivity contribution in [3.8, 4) is 0 Å². The number of hydrogen-bond acceptors (Lipinski definition) is 10. The van der Waals surface area contributed by atoms with Crippen molar-refractivity contribution in [2.24, 2.45) is 0 Å². The molecule has 3 heterocycles. The lowest BCUT2D eigenvalue weighted by Gasteiger charge is -2.42. The van der Waals surface area contributed by atoms with Crippen LogP contribution in [-0.4, -0.2) is 121 Å². The first-order valence-corrected chi connectivity index (χ1v) is 16.1. The number of nitrogens with one attached hydrogen (secondary N) is 3. The molecule has 13 heteroatoms. The number of hydrogen-bond donors (Lipinski definition) is 3. The molecule has 0 radical (unpaired) electrons. The van der Waals surface area contributed by atoms with E-state index in [1.54, 1.807) is 18.2 Å². The molecule has 5 rings (SSSR count). The predicted molar refractivity (Wildman–Crippen MR) is 166 cm³/mol. The second kappa shape index (κ2) is 14.3. The average molecular weight is 627 g/mol. The zero-order valence-electron chi connectivity index (χ0n) is 26.6. The van der Waals surface area contributed by atoms with E-state index in [2.05, 4.69) is 25.8 Å². The minimum absolute atomic E-state index is 0.0828. The number of carbonyl (C=O) groups excluding carboxylic acids is 5. The molecule has 246 valence electrons. The molecule has 3 aliphatic heterocycles. The first kappa shape index (κ1) is 32.8. The van der Waals surface area contributed by atoms with Gasteiger partial charge in [0.15, 0.2) is 0 Å². The van der Waals surface area contributed by atoms with Crippen LogP contribution in [0.15, 0.2) is 18.2 Å². The van der Waals surface area contributed by atoms with E-state index >= 15 is 0 Å². The highest BCUT2D eigenvalue weighted by Gasteiger charge is 2.45. The Balaban J connectivity index is 0.975. The summed E-state index contributed by atoms with van der Waals surface area (Å²) in [4.78, 5) is 68.2. The highest BCUT2D eigenvalue weighted by Crippen LogP contribution is 2.32. The minimum atomic E-state index is -0.990. The number of anilines is 1. The summed E-state index contributed by atoms with van der Waals surface area (Å²) in [7, 11) is 0. The Morgan fingerprint density at radius 1 is 0.956 bits per heavy atom. The Labute approximate surface area is 264 Å². The largest absolute Gasteiger partial charge is 0.444 e. The normalized spacial score (nSPS) is 24.8. The maximum absolute atomic E-state index is 13.2. The molecule has 1 unspecified atom stereocenters. The van der Waals surface area contributed by atoms with E-state index in [-0.39, 0.29) is 36.1 Å². The van der Waals surface area contributed by atoms with Crippen molar-refractivity contribution in [3.63, 3.8) is 0 Å². The van der Waals surface area contributed by atoms with E-state index in [9.17, 15) is 24.0 Å². The number of rotatable bonds is 10. The molecule has 45 heavy (non-hydrogen) atoms. The van der Waals surface area contributed by atoms with E-state index < -0.39 is 35.3 Å². The molecular formula is C32H46N6O7. The highest BCUT2D eigenvalue weighted by atomic mass is 16.6. The second-order valence-corrected chi connectivity index (χ2v) is 13.2. The van der Waals surface area contributed by atoms with E-state index in [1.165, 1.54) is 0 Å². The first-order valence-electron chi connectivity index (χ1n) is 16.1. The van der Waals surface area contributed by atoms with Crippen molar-refractivity contribution in [1.29, 1.82) is 0 Å². The number of piperazine rings is 1. The van der Waals surface area contributed by atoms with Gasteiger partial charge in [0.05, 0.1) is 24.3 Å². The summed E-state index contributed by atoms with van der Waals surface area (Å²) in [6.07, 6.45) is 3.98. The van der Waals surface area contributed by atoms with Gasteiger partial charge in [-0.15, -0.1) is 0 Å². The van der Waals surface area contributed by atoms with Crippen LogP contribution in [0.1, 0.15) is 80.0 Å². The number of imide groups is 2. The molecule has 5 amide bonds. The number of fused-ring (bicyclic) bond motifs is 1. The van der Waals surface area contributed by atoms with Crippen LogP contribution in [-0.2, 0) is 19.1 Å². The topological polar surface area (TPSA) is 150 Å². The van der Waals surface area contributed by atoms with Crippen molar-refractivity contribution in [2.45, 2.75) is 83.0 Å². The summed E-state index contributed by atoms with van der Waals surface area (Å²) in [6.45, 7) is 12.0. The van der Waals surface area contributed by atoms with E-state index in [0.717, 1.165) is 63.3 Å². The fourth-order valence-electron chi connectivity index (χ4n) is 6.63. The van der Waals surface area contributed by atoms with Crippen LogP contribution in [0.5, 0.6) is 0 Å². The molecule has 13 nitrogen and oxygen atoms in total. The van der Waals surface area contributed by atoms with Gasteiger partial charge in [0.1, 0.15) is 11.6 Å². The first-order chi connectivity index (χ1) is 21.5. The van der Waals surface area contributed by atoms with Crippen LogP contribution in [0.4, 0.5) is 10.5 Å². The van der Waals surface area contributed by atoms with Gasteiger partial charge < -0.3 is 20.1 Å². The third-order valence-electron chi connectivity index (χ3n) is 8.92. The quantitative estimate of drug-likeness (QED) is 0.260. The molecule has 1 saturated carbocycles. The van der Waals surface area contributed by atoms with Gasteiger partial charge in [-0.05, 0) is 65.0 Å². The Hall–Kier alpha value is -3.55. The van der Waals surface area contributed by atoms with Crippen LogP contribution in [0.3, 0.4) is 0 Å². The smallest absolute Gasteiger partial charge is 0.407 e. The van der Waals surface area contributed by atoms with Gasteiger partial charge in [-0.1, -0.05) is 6.07 Å². The van der Waals surface area contributed by atoms with E-state index in [4.69, 9.17) is 9.47 Å². The average Bonchev–Trinajstić information content (AvgIpc) is 3.24. The maximum Gasteiger partial charge on any atom is 0.407 e. The van der Waals surface area contributed by atoms with Crippen molar-refractivity contribution in [2.75, 3.05) is 57.8 Å². The number of benzene rings is 1. The molecule has 1 atom stereocenters. The SMILES string of the molecule is CC(C)(C)OC(=O)N[C@H]1CC[C@H](N2CCN(CCOCCNc3cccc4c3C(=O)N(C3CCC(=O)NC3=O)C4=O)CC2)CC1. The van der Waals surface area contributed by atoms with Crippen molar-refractivity contribution in [3.05, 3.63) is 29.3 Å². The maximum atomic E-state index is 13.2. The molecule has 0 aromatic heterocycles. The number of carbonyl (C=O) groups is 5. The Kier molecular flexibility index (Phi) is 10.4. The molecule has 0 spiro atoms. The van der Waals surface area contributed by atoms with Crippen molar-refractivity contribution in [1.82, 2.24) is 25.3 Å². The third-order valence-corrected chi connectivity index (χ3v) is 8.92. The third kappa shape index (κ3) is 8.19. The monoisotopic (exact) mass is 626 g/mol. The lowest BCUT2D eigenvalue weighted by atomic mass is 9.90. The number of nitrogens with zero attached hydrogens (tertiary/aromatic N) is 3. The minimum Gasteiger partial charge on any atom is -0.444 e. The molecule has 1 aliphatic carbocycles. The molecule has 0 bridgehead atoms. The second-order valence-electron chi connectivity index (χ2n) is 13.2. The Morgan fingerprint density at radius 3 is 2.38 bits per heavy atom. The molecule has 3 N–H and O–H groups in total. The van der Waals surface area contributed by atoms with E-state index in [1.807, 2.05) is 20.8 Å². The fourth-order valence-corrected chi connectivity index (χ4v) is 6.63. The van der Waals surface area contributed by atoms with Gasteiger partial charge in [0.2, 0.25) is 11.8 Å². The number of alkyl carbamates (subject to hydrolysis) is 1. The number of piperidine rings is 1. The highest BCUT2D eigenvalue weighted by molar-refractivity contribution is 6.25. The van der Waals surface area contributed by atoms with E-state index in [0.29, 0.717) is 31.5 Å². The van der Waals surface area contributed by atoms with Gasteiger partial charge in [-0.2, -0.15) is 0 Å². The number of ether oxygens (including phenoxy) is 2. The molecule has 4 aliphatic rings. The summed E-state index contributed by atoms with van der Waals surface area (Å²) in [5, 5.41) is 8.45. The fraction of sp³-hybridized carbons (Fsp3) is 0.656. The zero-order chi connectivity index (χ0) is 32.1. The molecular weight excluding hydrogens is 580 g/mol. The molecule has 3 fully saturated rings. The van der Waals surface area contributed by atoms with Crippen LogP contribution in [0.2, 0.25) is 0 Å². The summed E-state index contributed by atoms with van der Waals surface area (Å²) >= 11 is 0. The standard InChI is InChI=1S/C32H46N6O7/c1-32(2,3)45-31(43)34-21-7-9-22(10-8-21)37-16-14-36(15-17-37)18-20-44-19-13-33-24-6-4-5-23-27(24)30(42)38(29(23)41)25-11-12-26(39)35-28(25)40/h4-6,21-22,25,33H,7-20H2,1-3H3,(H,34,43)(H,35,39,40)/t21-,22-,25?. The van der Waals surface area contributed by atoms with Crippen molar-refractivity contribution >= 4 is 35.4 Å². The van der Waals surface area contributed by atoms with Gasteiger partial charge >= 0.3 is 6.09 Å². The van der Waals surface area contributed by atoms with Crippen molar-refractivity contribution < 1.29 is 33.4 Å². The van der Waals surface area contributed by atoms with Crippen LogP contribution in [0, 0.1) is 0 Å². The molecule has 2 saturated heterocycles. The van der Waals surface area contributed by atoms with Gasteiger partial charge in [-0.3, -0.25) is 39.2 Å².